The Morgan fingerprint density at radius 1 is 1.25 bits per heavy atom. The van der Waals surface area contributed by atoms with Crippen LogP contribution >= 0.6 is 0 Å². The van der Waals surface area contributed by atoms with E-state index < -0.39 is 0 Å². The minimum atomic E-state index is -0.238. The molecule has 2 heterocycles. The fourth-order valence-electron chi connectivity index (χ4n) is 2.15. The third-order valence-corrected chi connectivity index (χ3v) is 3.06. The Labute approximate surface area is 115 Å². The fraction of sp³-hybridized carbons (Fsp3) is 0.133. The summed E-state index contributed by atoms with van der Waals surface area (Å²) < 4.78 is 15.4. The molecule has 0 saturated heterocycles. The number of pyridine rings is 1. The first-order chi connectivity index (χ1) is 9.79. The maximum Gasteiger partial charge on any atom is 0.158 e. The molecular formula is C15H13FN4. The first-order valence-corrected chi connectivity index (χ1v) is 6.26. The highest BCUT2D eigenvalue weighted by Crippen LogP contribution is 2.17. The predicted octanol–water partition coefficient (Wildman–Crippen LogP) is 2.67. The van der Waals surface area contributed by atoms with Crippen molar-refractivity contribution in [3.8, 4) is 0 Å². The molecular weight excluding hydrogens is 255 g/mol. The molecule has 0 unspecified atom stereocenters. The number of hydrogen-bond donors (Lipinski definition) is 0. The average Bonchev–Trinajstić information content (AvgIpc) is 2.81. The van der Waals surface area contributed by atoms with Crippen molar-refractivity contribution in [1.82, 2.24) is 14.8 Å². The molecule has 2 aromatic heterocycles. The molecule has 100 valence electrons. The third kappa shape index (κ3) is 2.18. The van der Waals surface area contributed by atoms with E-state index in [1.165, 1.54) is 6.07 Å². The molecule has 4 nitrogen and oxygen atoms in total. The van der Waals surface area contributed by atoms with E-state index in [-0.39, 0.29) is 5.82 Å². The van der Waals surface area contributed by atoms with Crippen LogP contribution in [0, 0.1) is 5.82 Å². The summed E-state index contributed by atoms with van der Waals surface area (Å²) in [5.74, 6) is -0.238. The lowest BCUT2D eigenvalue weighted by Crippen LogP contribution is -2.04. The lowest BCUT2D eigenvalue weighted by Gasteiger charge is -2.04. The summed E-state index contributed by atoms with van der Waals surface area (Å²) in [5.41, 5.74) is 2.06. The van der Waals surface area contributed by atoms with Gasteiger partial charge in [0.05, 0.1) is 6.54 Å². The number of nitrogens with zero attached hydrogens (tertiary/aromatic N) is 4. The van der Waals surface area contributed by atoms with E-state index in [1.54, 1.807) is 36.3 Å². The van der Waals surface area contributed by atoms with E-state index in [0.717, 1.165) is 16.7 Å². The Bertz CT molecular complexity index is 776. The molecule has 0 fully saturated rings. The highest BCUT2D eigenvalue weighted by molar-refractivity contribution is 5.95. The lowest BCUT2D eigenvalue weighted by atomic mass is 10.2. The van der Waals surface area contributed by atoms with Crippen molar-refractivity contribution in [2.75, 3.05) is 7.05 Å². The Morgan fingerprint density at radius 3 is 2.90 bits per heavy atom. The molecule has 0 saturated carbocycles. The second kappa shape index (κ2) is 5.21. The molecule has 0 spiro atoms. The van der Waals surface area contributed by atoms with Gasteiger partial charge in [0.25, 0.3) is 0 Å². The summed E-state index contributed by atoms with van der Waals surface area (Å²) in [5, 5.41) is 5.37. The highest BCUT2D eigenvalue weighted by atomic mass is 19.1. The van der Waals surface area contributed by atoms with Crippen LogP contribution in [0.25, 0.3) is 11.0 Å². The smallest absolute Gasteiger partial charge is 0.158 e. The van der Waals surface area contributed by atoms with E-state index in [9.17, 15) is 4.39 Å². The Morgan fingerprint density at radius 2 is 2.10 bits per heavy atom. The van der Waals surface area contributed by atoms with Crippen LogP contribution in [0.1, 0.15) is 11.3 Å². The van der Waals surface area contributed by atoms with Crippen LogP contribution in [-0.2, 0) is 6.54 Å². The monoisotopic (exact) mass is 268 g/mol. The number of aliphatic imine (C=N–C) groups is 1. The zero-order valence-electron chi connectivity index (χ0n) is 11.0. The van der Waals surface area contributed by atoms with E-state index >= 15 is 0 Å². The molecule has 20 heavy (non-hydrogen) atoms. The molecule has 3 rings (SSSR count). The minimum absolute atomic E-state index is 0.238. The van der Waals surface area contributed by atoms with Crippen LogP contribution in [0.3, 0.4) is 0 Å². The fourth-order valence-corrected chi connectivity index (χ4v) is 2.15. The van der Waals surface area contributed by atoms with Gasteiger partial charge in [-0.2, -0.15) is 5.10 Å². The average molecular weight is 268 g/mol. The van der Waals surface area contributed by atoms with E-state index in [4.69, 9.17) is 0 Å². The van der Waals surface area contributed by atoms with Crippen LogP contribution in [0.2, 0.25) is 0 Å². The molecule has 5 heteroatoms. The number of aromatic nitrogens is 3. The van der Waals surface area contributed by atoms with Gasteiger partial charge in [0.2, 0.25) is 0 Å². The number of halogens is 1. The number of rotatable bonds is 3. The molecule has 0 radical (unpaired) electrons. The zero-order chi connectivity index (χ0) is 13.9. The molecule has 0 N–H and O–H groups in total. The Balaban J connectivity index is 2.10. The number of benzene rings is 1. The van der Waals surface area contributed by atoms with Gasteiger partial charge in [-0.15, -0.1) is 0 Å². The maximum atomic E-state index is 13.7. The van der Waals surface area contributed by atoms with Gasteiger partial charge in [-0.25, -0.2) is 14.1 Å². The highest BCUT2D eigenvalue weighted by Gasteiger charge is 2.11. The van der Waals surface area contributed by atoms with Crippen molar-refractivity contribution in [2.24, 2.45) is 4.99 Å². The topological polar surface area (TPSA) is 43.1 Å². The summed E-state index contributed by atoms with van der Waals surface area (Å²) in [7, 11) is 1.69. The third-order valence-electron chi connectivity index (χ3n) is 3.06. The normalized spacial score (nSPS) is 11.5. The van der Waals surface area contributed by atoms with Gasteiger partial charge >= 0.3 is 0 Å². The van der Waals surface area contributed by atoms with E-state index in [1.807, 2.05) is 18.2 Å². The van der Waals surface area contributed by atoms with Crippen LogP contribution in [0.5, 0.6) is 0 Å². The maximum absolute atomic E-state index is 13.7. The van der Waals surface area contributed by atoms with E-state index in [0.29, 0.717) is 12.1 Å². The molecule has 0 aliphatic heterocycles. The molecule has 0 amide bonds. The van der Waals surface area contributed by atoms with E-state index in [2.05, 4.69) is 15.1 Å². The van der Waals surface area contributed by atoms with Gasteiger partial charge in [-0.05, 0) is 18.2 Å². The van der Waals surface area contributed by atoms with Gasteiger partial charge in [-0.1, -0.05) is 18.2 Å². The molecule has 0 bridgehead atoms. The van der Waals surface area contributed by atoms with Crippen LogP contribution < -0.4 is 0 Å². The van der Waals surface area contributed by atoms with Crippen LogP contribution in [-0.4, -0.2) is 28.0 Å². The molecule has 1 aromatic carbocycles. The first kappa shape index (κ1) is 12.5. The number of fused-ring (bicyclic) bond motifs is 1. The SMILES string of the molecule is CN=Cc1nn(Cc2ccccc2F)c2ncccc12. The summed E-state index contributed by atoms with van der Waals surface area (Å²) in [6.07, 6.45) is 3.39. The summed E-state index contributed by atoms with van der Waals surface area (Å²) in [6.45, 7) is 0.345. The van der Waals surface area contributed by atoms with Crippen LogP contribution in [0.15, 0.2) is 47.6 Å². The van der Waals surface area contributed by atoms with Crippen molar-refractivity contribution in [1.29, 1.82) is 0 Å². The molecule has 3 aromatic rings. The summed E-state index contributed by atoms with van der Waals surface area (Å²) in [4.78, 5) is 8.32. The van der Waals surface area contributed by atoms with Crippen molar-refractivity contribution in [2.45, 2.75) is 6.54 Å². The lowest BCUT2D eigenvalue weighted by molar-refractivity contribution is 0.589. The molecule has 0 atom stereocenters. The first-order valence-electron chi connectivity index (χ1n) is 6.26. The Hall–Kier alpha value is -2.56. The second-order valence-electron chi connectivity index (χ2n) is 4.40. The van der Waals surface area contributed by atoms with Gasteiger partial charge in [0.15, 0.2) is 5.65 Å². The van der Waals surface area contributed by atoms with Crippen molar-refractivity contribution >= 4 is 17.2 Å². The zero-order valence-corrected chi connectivity index (χ0v) is 11.0. The Kier molecular flexibility index (Phi) is 3.25. The minimum Gasteiger partial charge on any atom is -0.294 e. The molecule has 0 aliphatic carbocycles. The van der Waals surface area contributed by atoms with Gasteiger partial charge in [0, 0.05) is 30.4 Å². The standard InChI is InChI=1S/C15H13FN4/c1-17-9-14-12-6-4-8-18-15(12)20(19-14)10-11-5-2-3-7-13(11)16/h2-9H,10H2,1H3. The molecule has 0 aliphatic rings. The predicted molar refractivity (Wildman–Crippen MR) is 76.5 cm³/mol. The van der Waals surface area contributed by atoms with Gasteiger partial charge < -0.3 is 0 Å². The van der Waals surface area contributed by atoms with Crippen LogP contribution in [0.4, 0.5) is 4.39 Å². The summed E-state index contributed by atoms with van der Waals surface area (Å²) >= 11 is 0. The van der Waals surface area contributed by atoms with Crippen molar-refractivity contribution in [3.63, 3.8) is 0 Å². The largest absolute Gasteiger partial charge is 0.294 e. The quantitative estimate of drug-likeness (QED) is 0.685. The number of hydrogen-bond acceptors (Lipinski definition) is 3. The summed E-state index contributed by atoms with van der Waals surface area (Å²) in [6, 6.07) is 10.5. The van der Waals surface area contributed by atoms with Crippen molar-refractivity contribution < 1.29 is 4.39 Å². The van der Waals surface area contributed by atoms with Gasteiger partial charge in [0.1, 0.15) is 11.5 Å². The second-order valence-corrected chi connectivity index (χ2v) is 4.40. The van der Waals surface area contributed by atoms with Gasteiger partial charge in [-0.3, -0.25) is 4.99 Å². The van der Waals surface area contributed by atoms with Crippen molar-refractivity contribution in [3.05, 3.63) is 59.7 Å².